The molecule has 0 aliphatic heterocycles. The molecule has 8 heteroatoms. The first-order valence-electron chi connectivity index (χ1n) is 6.16. The average molecular weight is 340 g/mol. The molecule has 22 heavy (non-hydrogen) atoms. The lowest BCUT2D eigenvalue weighted by atomic mass is 9.99. The molecule has 1 aliphatic carbocycles. The van der Waals surface area contributed by atoms with Gasteiger partial charge in [-0.25, -0.2) is 8.42 Å². The van der Waals surface area contributed by atoms with Crippen molar-refractivity contribution in [2.24, 2.45) is 0 Å². The molecule has 2 rings (SSSR count). The van der Waals surface area contributed by atoms with Crippen molar-refractivity contribution in [3.8, 4) is 0 Å². The van der Waals surface area contributed by atoms with E-state index in [9.17, 15) is 21.6 Å². The van der Waals surface area contributed by atoms with E-state index in [1.807, 2.05) is 0 Å². The van der Waals surface area contributed by atoms with Crippen LogP contribution in [0.4, 0.5) is 0 Å². The summed E-state index contributed by atoms with van der Waals surface area (Å²) < 4.78 is 46.7. The molecule has 0 bridgehead atoms. The SMILES string of the molecule is O=C(O)CS(=O)(=O)C1C=CC(c2ccccc2)=CC1=S(=O)=O. The first-order valence-corrected chi connectivity index (χ1v) is 8.95. The van der Waals surface area contributed by atoms with Crippen LogP contribution < -0.4 is 0 Å². The normalized spacial score (nSPS) is 17.9. The summed E-state index contributed by atoms with van der Waals surface area (Å²) >= 11 is 0. The van der Waals surface area contributed by atoms with Crippen molar-refractivity contribution >= 4 is 36.5 Å². The van der Waals surface area contributed by atoms with Crippen molar-refractivity contribution in [2.45, 2.75) is 5.25 Å². The van der Waals surface area contributed by atoms with Gasteiger partial charge in [-0.15, -0.1) is 0 Å². The fourth-order valence-corrected chi connectivity index (χ4v) is 4.51. The Morgan fingerprint density at radius 2 is 1.82 bits per heavy atom. The van der Waals surface area contributed by atoms with Crippen molar-refractivity contribution in [1.29, 1.82) is 0 Å². The Bertz CT molecular complexity index is 882. The zero-order valence-corrected chi connectivity index (χ0v) is 12.8. The van der Waals surface area contributed by atoms with Gasteiger partial charge >= 0.3 is 5.97 Å². The van der Waals surface area contributed by atoms with Crippen molar-refractivity contribution in [3.63, 3.8) is 0 Å². The molecule has 1 aromatic rings. The molecule has 0 amide bonds. The molecule has 0 saturated carbocycles. The highest BCUT2D eigenvalue weighted by molar-refractivity contribution is 7.94. The summed E-state index contributed by atoms with van der Waals surface area (Å²) in [6.07, 6.45) is 3.93. The van der Waals surface area contributed by atoms with E-state index in [4.69, 9.17) is 5.11 Å². The number of hydrogen-bond acceptors (Lipinski definition) is 5. The largest absolute Gasteiger partial charge is 0.480 e. The minimum Gasteiger partial charge on any atom is -0.480 e. The second-order valence-corrected chi connectivity index (χ2v) is 7.65. The summed E-state index contributed by atoms with van der Waals surface area (Å²) in [5, 5.41) is 7.18. The van der Waals surface area contributed by atoms with Gasteiger partial charge in [-0.05, 0) is 17.2 Å². The average Bonchev–Trinajstić information content (AvgIpc) is 2.46. The van der Waals surface area contributed by atoms with E-state index in [0.717, 1.165) is 5.56 Å². The van der Waals surface area contributed by atoms with Gasteiger partial charge in [-0.1, -0.05) is 42.5 Å². The maximum absolute atomic E-state index is 12.0. The molecule has 0 saturated heterocycles. The third kappa shape index (κ3) is 3.52. The fraction of sp³-hybridized carbons (Fsp3) is 0.143. The summed E-state index contributed by atoms with van der Waals surface area (Å²) in [5.74, 6) is -2.65. The van der Waals surface area contributed by atoms with Crippen LogP contribution in [0.5, 0.6) is 0 Å². The van der Waals surface area contributed by atoms with Gasteiger partial charge in [0.15, 0.2) is 9.84 Å². The Morgan fingerprint density at radius 3 is 2.36 bits per heavy atom. The number of allylic oxidation sites excluding steroid dienone is 3. The molecular weight excluding hydrogens is 328 g/mol. The van der Waals surface area contributed by atoms with Crippen LogP contribution >= 0.6 is 0 Å². The van der Waals surface area contributed by atoms with E-state index in [1.165, 1.54) is 18.2 Å². The number of carboxylic acids is 1. The Kier molecular flexibility index (Phi) is 4.62. The minimum absolute atomic E-state index is 0.359. The van der Waals surface area contributed by atoms with Crippen LogP contribution in [0.3, 0.4) is 0 Å². The molecule has 0 heterocycles. The molecule has 1 aromatic carbocycles. The number of carbonyl (C=O) groups is 1. The summed E-state index contributed by atoms with van der Waals surface area (Å²) in [7, 11) is -6.91. The summed E-state index contributed by atoms with van der Waals surface area (Å²) in [4.78, 5) is 10.3. The van der Waals surface area contributed by atoms with Gasteiger partial charge in [-0.3, -0.25) is 4.79 Å². The first-order chi connectivity index (χ1) is 10.3. The van der Waals surface area contributed by atoms with Crippen LogP contribution in [-0.4, -0.2) is 43.8 Å². The summed E-state index contributed by atoms with van der Waals surface area (Å²) in [5.41, 5.74) is 1.28. The lowest BCUT2D eigenvalue weighted by Gasteiger charge is -2.16. The monoisotopic (exact) mass is 340 g/mol. The predicted octanol–water partition coefficient (Wildman–Crippen LogP) is 0.559. The molecule has 0 fully saturated rings. The number of aliphatic carboxylic acids is 1. The van der Waals surface area contributed by atoms with Crippen molar-refractivity contribution < 1.29 is 26.7 Å². The summed E-state index contributed by atoms with van der Waals surface area (Å²) in [6.45, 7) is 0. The quantitative estimate of drug-likeness (QED) is 0.803. The van der Waals surface area contributed by atoms with E-state index >= 15 is 0 Å². The molecule has 1 unspecified atom stereocenters. The van der Waals surface area contributed by atoms with Crippen LogP contribution in [0, 0.1) is 0 Å². The fourth-order valence-electron chi connectivity index (χ4n) is 2.08. The Labute approximate surface area is 128 Å². The van der Waals surface area contributed by atoms with Gasteiger partial charge in [0.2, 0.25) is 10.3 Å². The van der Waals surface area contributed by atoms with Crippen molar-refractivity contribution in [2.75, 3.05) is 5.75 Å². The van der Waals surface area contributed by atoms with Gasteiger partial charge in [0.1, 0.15) is 11.0 Å². The Hall–Kier alpha value is -2.19. The van der Waals surface area contributed by atoms with Crippen molar-refractivity contribution in [1.82, 2.24) is 0 Å². The molecule has 6 nitrogen and oxygen atoms in total. The lowest BCUT2D eigenvalue weighted by molar-refractivity contribution is -0.134. The van der Waals surface area contributed by atoms with E-state index in [1.54, 1.807) is 30.3 Å². The van der Waals surface area contributed by atoms with Crippen LogP contribution in [0.25, 0.3) is 5.57 Å². The molecule has 1 atom stereocenters. The number of sulfone groups is 1. The zero-order valence-electron chi connectivity index (χ0n) is 11.2. The van der Waals surface area contributed by atoms with E-state index in [2.05, 4.69) is 0 Å². The molecule has 0 aromatic heterocycles. The number of carboxylic acid groups (broad SMARTS) is 1. The van der Waals surface area contributed by atoms with E-state index < -0.39 is 37.1 Å². The Balaban J connectivity index is 2.49. The second-order valence-electron chi connectivity index (χ2n) is 4.58. The summed E-state index contributed by atoms with van der Waals surface area (Å²) in [6, 6.07) is 8.85. The maximum atomic E-state index is 12.0. The topological polar surface area (TPSA) is 106 Å². The standard InChI is InChI=1S/C14H12O6S2/c15-14(16)9-22(19,20)13-7-6-11(8-12(13)21(17)18)10-4-2-1-3-5-10/h1-8,13H,9H2,(H,15,16). The van der Waals surface area contributed by atoms with Gasteiger partial charge in [0.05, 0.1) is 4.86 Å². The molecule has 0 spiro atoms. The van der Waals surface area contributed by atoms with Gasteiger partial charge < -0.3 is 5.11 Å². The third-order valence-electron chi connectivity index (χ3n) is 3.04. The molecule has 1 aliphatic rings. The number of hydrogen-bond donors (Lipinski definition) is 1. The van der Waals surface area contributed by atoms with Crippen LogP contribution in [-0.2, 0) is 24.9 Å². The van der Waals surface area contributed by atoms with Crippen LogP contribution in [0.1, 0.15) is 5.56 Å². The molecule has 116 valence electrons. The maximum Gasteiger partial charge on any atom is 0.318 e. The zero-order chi connectivity index (χ0) is 16.3. The minimum atomic E-state index is -4.14. The molecule has 1 N–H and O–H groups in total. The van der Waals surface area contributed by atoms with Crippen LogP contribution in [0.15, 0.2) is 48.6 Å². The van der Waals surface area contributed by atoms with E-state index in [0.29, 0.717) is 5.57 Å². The Morgan fingerprint density at radius 1 is 1.18 bits per heavy atom. The van der Waals surface area contributed by atoms with Gasteiger partial charge in [-0.2, -0.15) is 8.42 Å². The third-order valence-corrected chi connectivity index (χ3v) is 5.78. The highest BCUT2D eigenvalue weighted by Crippen LogP contribution is 2.23. The molecular formula is C14H12O6S2. The highest BCUT2D eigenvalue weighted by Gasteiger charge is 2.32. The predicted molar refractivity (Wildman–Crippen MR) is 82.7 cm³/mol. The number of benzene rings is 1. The highest BCUT2D eigenvalue weighted by atomic mass is 32.2. The number of rotatable bonds is 4. The lowest BCUT2D eigenvalue weighted by Crippen LogP contribution is -2.34. The second kappa shape index (κ2) is 6.29. The van der Waals surface area contributed by atoms with Gasteiger partial charge in [0.25, 0.3) is 0 Å². The van der Waals surface area contributed by atoms with Crippen LogP contribution in [0.2, 0.25) is 0 Å². The van der Waals surface area contributed by atoms with Gasteiger partial charge in [0, 0.05) is 0 Å². The van der Waals surface area contributed by atoms with E-state index in [-0.39, 0.29) is 4.86 Å². The first kappa shape index (κ1) is 16.2. The van der Waals surface area contributed by atoms with Crippen molar-refractivity contribution in [3.05, 3.63) is 54.1 Å². The smallest absolute Gasteiger partial charge is 0.318 e. The molecule has 0 radical (unpaired) electrons.